The molecule has 27 heavy (non-hydrogen) atoms. The number of aromatic nitrogens is 3. The highest BCUT2D eigenvalue weighted by Crippen LogP contribution is 2.11. The van der Waals surface area contributed by atoms with Crippen LogP contribution in [-0.2, 0) is 23.0 Å². The highest BCUT2D eigenvalue weighted by molar-refractivity contribution is 7.89. The first-order valence-electron chi connectivity index (χ1n) is 7.75. The van der Waals surface area contributed by atoms with Crippen LogP contribution in [0.2, 0.25) is 0 Å². The summed E-state index contributed by atoms with van der Waals surface area (Å²) >= 11 is 1.43. The van der Waals surface area contributed by atoms with Gasteiger partial charge in [0.15, 0.2) is 5.82 Å². The molecule has 3 aromatic rings. The Morgan fingerprint density at radius 1 is 1.26 bits per heavy atom. The molecule has 0 spiro atoms. The maximum atomic E-state index is 12.3. The lowest BCUT2D eigenvalue weighted by Crippen LogP contribution is -2.26. The van der Waals surface area contributed by atoms with Crippen LogP contribution in [0.15, 0.2) is 50.1 Å². The van der Waals surface area contributed by atoms with Crippen molar-refractivity contribution in [3.05, 3.63) is 62.8 Å². The van der Waals surface area contributed by atoms with Gasteiger partial charge in [0, 0.05) is 30.1 Å². The molecular formula is C15H15N5O5S2. The minimum absolute atomic E-state index is 0.0209. The summed E-state index contributed by atoms with van der Waals surface area (Å²) in [7, 11) is -3.75. The van der Waals surface area contributed by atoms with Crippen molar-refractivity contribution in [3.63, 3.8) is 0 Å². The fourth-order valence-electron chi connectivity index (χ4n) is 2.14. The molecule has 10 nitrogen and oxygen atoms in total. The van der Waals surface area contributed by atoms with Crippen molar-refractivity contribution in [1.82, 2.24) is 25.2 Å². The Bertz CT molecular complexity index is 1050. The lowest BCUT2D eigenvalue weighted by atomic mass is 10.2. The first kappa shape index (κ1) is 18.9. The van der Waals surface area contributed by atoms with E-state index in [2.05, 4.69) is 29.7 Å². The molecule has 2 aromatic heterocycles. The molecular weight excluding hydrogens is 394 g/mol. The molecule has 0 saturated carbocycles. The monoisotopic (exact) mass is 409 g/mol. The summed E-state index contributed by atoms with van der Waals surface area (Å²) in [5, 5.41) is 8.75. The maximum absolute atomic E-state index is 12.3. The second-order valence-electron chi connectivity index (χ2n) is 5.32. The molecule has 12 heteroatoms. The van der Waals surface area contributed by atoms with Gasteiger partial charge in [0.05, 0.1) is 11.4 Å². The SMILES string of the molecule is O=C(NCc1nccs1)c1ccc(S(=O)(=O)NCCc2noc(=O)[nH]2)cc1. The Hall–Kier alpha value is -2.83. The number of H-pyrrole nitrogens is 1. The summed E-state index contributed by atoms with van der Waals surface area (Å²) in [6.45, 7) is 0.336. The van der Waals surface area contributed by atoms with Gasteiger partial charge in [-0.3, -0.25) is 14.3 Å². The van der Waals surface area contributed by atoms with Gasteiger partial charge in [-0.25, -0.2) is 22.9 Å². The molecule has 0 aliphatic carbocycles. The Morgan fingerprint density at radius 2 is 2.04 bits per heavy atom. The van der Waals surface area contributed by atoms with E-state index in [0.717, 1.165) is 5.01 Å². The van der Waals surface area contributed by atoms with Crippen molar-refractivity contribution in [2.75, 3.05) is 6.54 Å². The van der Waals surface area contributed by atoms with E-state index in [1.807, 2.05) is 5.38 Å². The number of hydrogen-bond acceptors (Lipinski definition) is 8. The number of amides is 1. The van der Waals surface area contributed by atoms with E-state index in [0.29, 0.717) is 12.1 Å². The summed E-state index contributed by atoms with van der Waals surface area (Å²) in [6, 6.07) is 5.55. The van der Waals surface area contributed by atoms with Gasteiger partial charge >= 0.3 is 5.76 Å². The van der Waals surface area contributed by atoms with Gasteiger partial charge in [-0.1, -0.05) is 5.16 Å². The molecule has 0 aliphatic heterocycles. The number of benzene rings is 1. The third-order valence-corrected chi connectivity index (χ3v) is 5.71. The molecule has 0 radical (unpaired) electrons. The van der Waals surface area contributed by atoms with Crippen molar-refractivity contribution < 1.29 is 17.7 Å². The third kappa shape index (κ3) is 5.09. The molecule has 3 rings (SSSR count). The molecule has 3 N–H and O–H groups in total. The van der Waals surface area contributed by atoms with E-state index in [1.54, 1.807) is 6.20 Å². The minimum Gasteiger partial charge on any atom is -0.346 e. The Kier molecular flexibility index (Phi) is 5.78. The molecule has 1 amide bonds. The van der Waals surface area contributed by atoms with Crippen LogP contribution in [0.5, 0.6) is 0 Å². The standard InChI is InChI=1S/C15H15N5O5S2/c21-14(17-9-13-16-7-8-26-13)10-1-3-11(4-2-10)27(23,24)18-6-5-12-19-15(22)25-20-12/h1-4,7-8,18H,5-6,9H2,(H,17,21)(H,19,20,22). The van der Waals surface area contributed by atoms with Crippen LogP contribution in [0.4, 0.5) is 0 Å². The van der Waals surface area contributed by atoms with Gasteiger partial charge in [-0.2, -0.15) is 0 Å². The zero-order valence-corrected chi connectivity index (χ0v) is 15.5. The molecule has 2 heterocycles. The average Bonchev–Trinajstić information content (AvgIpc) is 3.31. The molecule has 0 atom stereocenters. The predicted octanol–water partition coefficient (Wildman–Crippen LogP) is 0.270. The van der Waals surface area contributed by atoms with Crippen LogP contribution >= 0.6 is 11.3 Å². The average molecular weight is 409 g/mol. The smallest absolute Gasteiger partial charge is 0.346 e. The van der Waals surface area contributed by atoms with E-state index in [9.17, 15) is 18.0 Å². The minimum atomic E-state index is -3.75. The predicted molar refractivity (Wildman–Crippen MR) is 95.7 cm³/mol. The van der Waals surface area contributed by atoms with E-state index < -0.39 is 15.8 Å². The van der Waals surface area contributed by atoms with Crippen molar-refractivity contribution in [2.24, 2.45) is 0 Å². The van der Waals surface area contributed by atoms with E-state index in [-0.39, 0.29) is 29.6 Å². The van der Waals surface area contributed by atoms with Crippen LogP contribution in [0.3, 0.4) is 0 Å². The van der Waals surface area contributed by atoms with E-state index in [1.165, 1.54) is 35.6 Å². The van der Waals surface area contributed by atoms with Crippen LogP contribution in [0.25, 0.3) is 0 Å². The van der Waals surface area contributed by atoms with Gasteiger partial charge in [-0.15, -0.1) is 11.3 Å². The van der Waals surface area contributed by atoms with Gasteiger partial charge in [-0.05, 0) is 24.3 Å². The topological polar surface area (TPSA) is 147 Å². The van der Waals surface area contributed by atoms with Crippen molar-refractivity contribution in [1.29, 1.82) is 0 Å². The first-order chi connectivity index (χ1) is 12.9. The zero-order valence-electron chi connectivity index (χ0n) is 13.8. The van der Waals surface area contributed by atoms with Crippen LogP contribution in [0, 0.1) is 0 Å². The Balaban J connectivity index is 1.56. The quantitative estimate of drug-likeness (QED) is 0.484. The summed E-state index contributed by atoms with van der Waals surface area (Å²) in [4.78, 5) is 29.3. The molecule has 0 unspecified atom stereocenters. The number of nitrogens with one attached hydrogen (secondary N) is 3. The van der Waals surface area contributed by atoms with E-state index >= 15 is 0 Å². The van der Waals surface area contributed by atoms with Crippen molar-refractivity contribution in [3.8, 4) is 0 Å². The molecule has 0 bridgehead atoms. The Labute approximate surface area is 157 Å². The van der Waals surface area contributed by atoms with E-state index in [4.69, 9.17) is 0 Å². The van der Waals surface area contributed by atoms with Gasteiger partial charge in [0.1, 0.15) is 5.01 Å². The van der Waals surface area contributed by atoms with Gasteiger partial charge in [0.25, 0.3) is 5.91 Å². The van der Waals surface area contributed by atoms with Crippen molar-refractivity contribution in [2.45, 2.75) is 17.9 Å². The lowest BCUT2D eigenvalue weighted by molar-refractivity contribution is 0.0950. The molecule has 142 valence electrons. The number of thiazole rings is 1. The number of sulfonamides is 1. The summed E-state index contributed by atoms with van der Waals surface area (Å²) in [6.07, 6.45) is 1.82. The number of carbonyl (C=O) groups is 1. The molecule has 0 aliphatic rings. The lowest BCUT2D eigenvalue weighted by Gasteiger charge is -2.07. The summed E-state index contributed by atoms with van der Waals surface area (Å²) < 4.78 is 31.2. The van der Waals surface area contributed by atoms with Crippen LogP contribution in [0.1, 0.15) is 21.2 Å². The summed E-state index contributed by atoms with van der Waals surface area (Å²) in [5.41, 5.74) is 0.339. The first-order valence-corrected chi connectivity index (χ1v) is 10.1. The zero-order chi connectivity index (χ0) is 19.3. The van der Waals surface area contributed by atoms with Crippen LogP contribution < -0.4 is 15.8 Å². The number of carbonyl (C=O) groups excluding carboxylic acids is 1. The summed E-state index contributed by atoms with van der Waals surface area (Å²) in [5.74, 6) is -0.774. The molecule has 0 fully saturated rings. The maximum Gasteiger partial charge on any atom is 0.438 e. The fourth-order valence-corrected chi connectivity index (χ4v) is 3.73. The normalized spacial score (nSPS) is 11.4. The highest BCUT2D eigenvalue weighted by atomic mass is 32.2. The number of rotatable bonds is 8. The van der Waals surface area contributed by atoms with Gasteiger partial charge in [0.2, 0.25) is 10.0 Å². The largest absolute Gasteiger partial charge is 0.438 e. The second-order valence-corrected chi connectivity index (χ2v) is 8.07. The third-order valence-electron chi connectivity index (χ3n) is 3.45. The van der Waals surface area contributed by atoms with Crippen molar-refractivity contribution >= 4 is 27.3 Å². The van der Waals surface area contributed by atoms with Crippen LogP contribution in [-0.4, -0.2) is 36.0 Å². The fraction of sp³-hybridized carbons (Fsp3) is 0.200. The number of nitrogens with zero attached hydrogens (tertiary/aromatic N) is 2. The molecule has 0 saturated heterocycles. The second kappa shape index (κ2) is 8.24. The number of aromatic amines is 1. The van der Waals surface area contributed by atoms with Gasteiger partial charge < -0.3 is 5.32 Å². The number of hydrogen-bond donors (Lipinski definition) is 3. The Morgan fingerprint density at radius 3 is 2.67 bits per heavy atom. The molecule has 1 aromatic carbocycles. The highest BCUT2D eigenvalue weighted by Gasteiger charge is 2.15.